The van der Waals surface area contributed by atoms with Gasteiger partial charge in [-0.3, -0.25) is 4.99 Å². The molecule has 4 nitrogen and oxygen atoms in total. The SMILES string of the molecule is CCCCCCCCCCCCCCCCCOC(=O)c1ccc(C=Nc2ccc(F)cc2)c(O)c1. The van der Waals surface area contributed by atoms with Crippen molar-refractivity contribution in [2.24, 2.45) is 4.99 Å². The number of nitrogens with zero attached hydrogens (tertiary/aromatic N) is 1. The van der Waals surface area contributed by atoms with E-state index in [0.29, 0.717) is 23.4 Å². The quantitative estimate of drug-likeness (QED) is 0.119. The fourth-order valence-electron chi connectivity index (χ4n) is 4.17. The highest BCUT2D eigenvalue weighted by atomic mass is 19.1. The normalized spacial score (nSPS) is 11.3. The number of rotatable bonds is 19. The van der Waals surface area contributed by atoms with Gasteiger partial charge in [-0.1, -0.05) is 96.8 Å². The zero-order valence-corrected chi connectivity index (χ0v) is 22.0. The highest BCUT2D eigenvalue weighted by Crippen LogP contribution is 2.20. The number of carbonyl (C=O) groups excluding carboxylic acids is 1. The molecule has 0 saturated carbocycles. The topological polar surface area (TPSA) is 58.9 Å². The molecule has 2 aromatic carbocycles. The Morgan fingerprint density at radius 3 is 1.86 bits per heavy atom. The third-order valence-electron chi connectivity index (χ3n) is 6.43. The van der Waals surface area contributed by atoms with Gasteiger partial charge in [0.1, 0.15) is 11.6 Å². The van der Waals surface area contributed by atoms with E-state index in [1.165, 1.54) is 108 Å². The molecule has 0 atom stereocenters. The highest BCUT2D eigenvalue weighted by molar-refractivity contribution is 5.92. The van der Waals surface area contributed by atoms with Crippen molar-refractivity contribution < 1.29 is 19.0 Å². The number of hydrogen-bond donors (Lipinski definition) is 1. The predicted molar refractivity (Wildman–Crippen MR) is 147 cm³/mol. The first kappa shape index (κ1) is 29.5. The second-order valence-corrected chi connectivity index (χ2v) is 9.59. The minimum absolute atomic E-state index is 0.0534. The minimum Gasteiger partial charge on any atom is -0.507 e. The summed E-state index contributed by atoms with van der Waals surface area (Å²) in [6.07, 6.45) is 20.9. The molecule has 198 valence electrons. The molecule has 0 heterocycles. The average Bonchev–Trinajstić information content (AvgIpc) is 2.88. The molecule has 1 N–H and O–H groups in total. The number of hydrogen-bond acceptors (Lipinski definition) is 4. The number of phenols is 1. The van der Waals surface area contributed by atoms with Gasteiger partial charge in [-0.25, -0.2) is 9.18 Å². The summed E-state index contributed by atoms with van der Waals surface area (Å²) in [5.74, 6) is -0.816. The summed E-state index contributed by atoms with van der Waals surface area (Å²) >= 11 is 0. The summed E-state index contributed by atoms with van der Waals surface area (Å²) in [5, 5.41) is 10.2. The van der Waals surface area contributed by atoms with Crippen LogP contribution < -0.4 is 0 Å². The van der Waals surface area contributed by atoms with Crippen LogP contribution in [-0.4, -0.2) is 23.9 Å². The maximum atomic E-state index is 13.0. The number of halogens is 1. The smallest absolute Gasteiger partial charge is 0.338 e. The second-order valence-electron chi connectivity index (χ2n) is 9.59. The third-order valence-corrected chi connectivity index (χ3v) is 6.43. The summed E-state index contributed by atoms with van der Waals surface area (Å²) in [4.78, 5) is 16.5. The first-order chi connectivity index (χ1) is 17.6. The van der Waals surface area contributed by atoms with Gasteiger partial charge < -0.3 is 9.84 Å². The van der Waals surface area contributed by atoms with Gasteiger partial charge >= 0.3 is 5.97 Å². The molecule has 0 aliphatic heterocycles. The molecule has 0 amide bonds. The molecule has 2 aromatic rings. The minimum atomic E-state index is -0.433. The summed E-state index contributed by atoms with van der Waals surface area (Å²) in [5.41, 5.74) is 1.36. The summed E-state index contributed by atoms with van der Waals surface area (Å²) in [6.45, 7) is 2.66. The number of phenolic OH excluding ortho intramolecular Hbond substituents is 1. The maximum absolute atomic E-state index is 13.0. The van der Waals surface area contributed by atoms with Crippen LogP contribution >= 0.6 is 0 Å². The third kappa shape index (κ3) is 12.9. The van der Waals surface area contributed by atoms with E-state index >= 15 is 0 Å². The number of benzene rings is 2. The Morgan fingerprint density at radius 1 is 0.806 bits per heavy atom. The molecule has 0 bridgehead atoms. The molecular formula is C31H44FNO3. The number of aromatic hydroxyl groups is 1. The van der Waals surface area contributed by atoms with E-state index in [1.807, 2.05) is 0 Å². The van der Waals surface area contributed by atoms with Gasteiger partial charge in [0.25, 0.3) is 0 Å². The fraction of sp³-hybridized carbons (Fsp3) is 0.548. The first-order valence-corrected chi connectivity index (χ1v) is 13.9. The molecular weight excluding hydrogens is 453 g/mol. The number of esters is 1. The lowest BCUT2D eigenvalue weighted by Crippen LogP contribution is -2.06. The lowest BCUT2D eigenvalue weighted by atomic mass is 10.0. The van der Waals surface area contributed by atoms with Crippen LogP contribution in [0.2, 0.25) is 0 Å². The van der Waals surface area contributed by atoms with Gasteiger partial charge in [0.15, 0.2) is 0 Å². The molecule has 0 fully saturated rings. The fourth-order valence-corrected chi connectivity index (χ4v) is 4.17. The van der Waals surface area contributed by atoms with Crippen molar-refractivity contribution >= 4 is 17.9 Å². The van der Waals surface area contributed by atoms with Crippen molar-refractivity contribution in [2.45, 2.75) is 103 Å². The molecule has 0 unspecified atom stereocenters. The maximum Gasteiger partial charge on any atom is 0.338 e. The van der Waals surface area contributed by atoms with Crippen LogP contribution in [0.4, 0.5) is 10.1 Å². The van der Waals surface area contributed by atoms with E-state index in [1.54, 1.807) is 24.3 Å². The van der Waals surface area contributed by atoms with Gasteiger partial charge in [0.2, 0.25) is 0 Å². The van der Waals surface area contributed by atoms with Crippen LogP contribution in [0.3, 0.4) is 0 Å². The van der Waals surface area contributed by atoms with Gasteiger partial charge in [-0.05, 0) is 48.9 Å². The van der Waals surface area contributed by atoms with Crippen LogP contribution in [0.25, 0.3) is 0 Å². The number of aliphatic imine (C=N–C) groups is 1. The van der Waals surface area contributed by atoms with Crippen molar-refractivity contribution in [1.29, 1.82) is 0 Å². The van der Waals surface area contributed by atoms with Crippen molar-refractivity contribution in [3.8, 4) is 5.75 Å². The summed E-state index contributed by atoms with van der Waals surface area (Å²) in [6, 6.07) is 10.4. The number of ether oxygens (including phenoxy) is 1. The van der Waals surface area contributed by atoms with E-state index < -0.39 is 5.97 Å². The monoisotopic (exact) mass is 497 g/mol. The van der Waals surface area contributed by atoms with Gasteiger partial charge in [0.05, 0.1) is 17.9 Å². The van der Waals surface area contributed by atoms with E-state index in [-0.39, 0.29) is 11.6 Å². The van der Waals surface area contributed by atoms with E-state index in [9.17, 15) is 14.3 Å². The van der Waals surface area contributed by atoms with Gasteiger partial charge in [-0.15, -0.1) is 0 Å². The summed E-state index contributed by atoms with van der Waals surface area (Å²) < 4.78 is 18.3. The van der Waals surface area contributed by atoms with E-state index in [4.69, 9.17) is 4.74 Å². The zero-order chi connectivity index (χ0) is 25.8. The Hall–Kier alpha value is -2.69. The number of unbranched alkanes of at least 4 members (excludes halogenated alkanes) is 14. The van der Waals surface area contributed by atoms with Crippen molar-refractivity contribution in [3.05, 3.63) is 59.4 Å². The molecule has 0 aliphatic carbocycles. The molecule has 5 heteroatoms. The predicted octanol–water partition coefficient (Wildman–Crippen LogP) is 9.31. The average molecular weight is 498 g/mol. The summed E-state index contributed by atoms with van der Waals surface area (Å²) in [7, 11) is 0. The number of carbonyl (C=O) groups is 1. The highest BCUT2D eigenvalue weighted by Gasteiger charge is 2.10. The Kier molecular flexibility index (Phi) is 15.2. The lowest BCUT2D eigenvalue weighted by molar-refractivity contribution is 0.0497. The molecule has 36 heavy (non-hydrogen) atoms. The van der Waals surface area contributed by atoms with Gasteiger partial charge in [-0.2, -0.15) is 0 Å². The first-order valence-electron chi connectivity index (χ1n) is 13.9. The van der Waals surface area contributed by atoms with Crippen molar-refractivity contribution in [2.75, 3.05) is 6.61 Å². The van der Waals surface area contributed by atoms with E-state index in [0.717, 1.165) is 12.8 Å². The Balaban J connectivity index is 1.50. The van der Waals surface area contributed by atoms with Crippen molar-refractivity contribution in [1.82, 2.24) is 0 Å². The Morgan fingerprint density at radius 2 is 1.33 bits per heavy atom. The molecule has 0 saturated heterocycles. The second kappa shape index (κ2) is 18.6. The largest absolute Gasteiger partial charge is 0.507 e. The standard InChI is InChI=1S/C31H44FNO3/c1-2-3-4-5-6-7-8-9-10-11-12-13-14-15-16-23-36-31(35)26-17-18-27(30(34)24-26)25-33-29-21-19-28(32)20-22-29/h17-22,24-25,34H,2-16,23H2,1H3. The molecule has 0 aromatic heterocycles. The molecule has 2 rings (SSSR count). The molecule has 0 radical (unpaired) electrons. The lowest BCUT2D eigenvalue weighted by Gasteiger charge is -2.07. The molecule has 0 spiro atoms. The Labute approximate surface area is 217 Å². The van der Waals surface area contributed by atoms with E-state index in [2.05, 4.69) is 11.9 Å². The van der Waals surface area contributed by atoms with Crippen LogP contribution in [0.5, 0.6) is 5.75 Å². The van der Waals surface area contributed by atoms with Crippen LogP contribution in [-0.2, 0) is 4.74 Å². The van der Waals surface area contributed by atoms with Crippen LogP contribution in [0, 0.1) is 5.82 Å². The van der Waals surface area contributed by atoms with Crippen LogP contribution in [0.1, 0.15) is 119 Å². The van der Waals surface area contributed by atoms with Gasteiger partial charge in [0, 0.05) is 11.8 Å². The van der Waals surface area contributed by atoms with Crippen molar-refractivity contribution in [3.63, 3.8) is 0 Å². The Bertz CT molecular complexity index is 895. The molecule has 0 aliphatic rings. The van der Waals surface area contributed by atoms with Crippen LogP contribution in [0.15, 0.2) is 47.5 Å². The zero-order valence-electron chi connectivity index (χ0n) is 22.0.